The fraction of sp³-hybridized carbons (Fsp3) is 0.767. The van der Waals surface area contributed by atoms with Crippen LogP contribution in [-0.4, -0.2) is 94.5 Å². The number of epoxide rings is 1. The molecule has 1 heterocycles. The second kappa shape index (κ2) is 10.8. The summed E-state index contributed by atoms with van der Waals surface area (Å²) >= 11 is 0. The molecule has 3 fully saturated rings. The van der Waals surface area contributed by atoms with Gasteiger partial charge in [-0.2, -0.15) is 0 Å². The van der Waals surface area contributed by atoms with Gasteiger partial charge in [-0.1, -0.05) is 20.8 Å². The highest BCUT2D eigenvalue weighted by Crippen LogP contribution is 2.66. The monoisotopic (exact) mass is 610 g/mol. The summed E-state index contributed by atoms with van der Waals surface area (Å²) < 4.78 is 35.1. The van der Waals surface area contributed by atoms with Gasteiger partial charge in [-0.25, -0.2) is 0 Å². The second-order valence-corrected chi connectivity index (χ2v) is 13.0. The second-order valence-electron chi connectivity index (χ2n) is 13.0. The average molecular weight is 611 g/mol. The Morgan fingerprint density at radius 2 is 1.23 bits per heavy atom. The number of esters is 5. The predicted octanol–water partition coefficient (Wildman–Crippen LogP) is 1.29. The Bertz CT molecular complexity index is 1250. The van der Waals surface area contributed by atoms with Crippen LogP contribution >= 0.6 is 0 Å². The number of hydrogen-bond donors (Lipinski definition) is 2. The molecule has 4 aliphatic rings. The highest BCUT2D eigenvalue weighted by Gasteiger charge is 2.79. The molecule has 1 saturated heterocycles. The number of carbonyl (C=O) groups excluding carboxylic acids is 5. The Morgan fingerprint density at radius 3 is 1.70 bits per heavy atom. The first-order valence-electron chi connectivity index (χ1n) is 14.4. The van der Waals surface area contributed by atoms with E-state index in [1.165, 1.54) is 20.8 Å². The van der Waals surface area contributed by atoms with Gasteiger partial charge in [-0.15, -0.1) is 0 Å². The Labute approximate surface area is 250 Å². The van der Waals surface area contributed by atoms with E-state index in [1.54, 1.807) is 27.7 Å². The van der Waals surface area contributed by atoms with Gasteiger partial charge >= 0.3 is 29.8 Å². The minimum Gasteiger partial charge on any atom is -0.462 e. The van der Waals surface area contributed by atoms with Crippen molar-refractivity contribution < 1.29 is 62.6 Å². The van der Waals surface area contributed by atoms with Gasteiger partial charge in [0.25, 0.3) is 0 Å². The third-order valence-corrected chi connectivity index (χ3v) is 9.98. The Balaban J connectivity index is 2.14. The van der Waals surface area contributed by atoms with Crippen molar-refractivity contribution in [2.75, 3.05) is 6.61 Å². The molecule has 2 saturated carbocycles. The van der Waals surface area contributed by atoms with Gasteiger partial charge in [-0.3, -0.25) is 24.0 Å². The summed E-state index contributed by atoms with van der Waals surface area (Å²) in [6.45, 7) is 12.5. The number of aliphatic hydroxyl groups is 2. The maximum atomic E-state index is 12.9. The lowest BCUT2D eigenvalue weighted by Gasteiger charge is -2.64. The number of carbonyl (C=O) groups is 5. The first-order valence-corrected chi connectivity index (χ1v) is 14.4. The molecule has 13 nitrogen and oxygen atoms in total. The van der Waals surface area contributed by atoms with Crippen molar-refractivity contribution >= 4 is 29.8 Å². The van der Waals surface area contributed by atoms with Gasteiger partial charge in [0.2, 0.25) is 0 Å². The minimum atomic E-state index is -2.04. The molecule has 0 aromatic carbocycles. The van der Waals surface area contributed by atoms with E-state index in [-0.39, 0.29) is 25.0 Å². The lowest BCUT2D eigenvalue weighted by atomic mass is 9.45. The summed E-state index contributed by atoms with van der Waals surface area (Å²) in [6.07, 6.45) is -8.16. The van der Waals surface area contributed by atoms with E-state index in [2.05, 4.69) is 0 Å². The van der Waals surface area contributed by atoms with Gasteiger partial charge in [-0.05, 0) is 18.1 Å². The van der Waals surface area contributed by atoms with Crippen LogP contribution in [-0.2, 0) is 52.4 Å². The molecule has 0 unspecified atom stereocenters. The molecular weight excluding hydrogens is 568 g/mol. The normalized spacial score (nSPS) is 41.1. The summed E-state index contributed by atoms with van der Waals surface area (Å²) in [6, 6.07) is 0. The van der Waals surface area contributed by atoms with Crippen LogP contribution in [0.2, 0.25) is 0 Å². The number of hydrogen-bond acceptors (Lipinski definition) is 13. The zero-order chi connectivity index (χ0) is 32.4. The SMILES string of the molecule is CC(=O)O[C@H]1C[C@@]2(O)[C@@H](OC(C)=O)[C@@H]3[C@@]4(CO4)[C@@H](OC(C)=O)C[C@H](OC(C)=O)[C@@]3(C)[C@@H](OC(C)=O)[C@H](O)C(=C1C)C2(C)C. The molecule has 2 bridgehead atoms. The molecule has 43 heavy (non-hydrogen) atoms. The van der Waals surface area contributed by atoms with Crippen molar-refractivity contribution in [3.8, 4) is 0 Å². The van der Waals surface area contributed by atoms with Crippen molar-refractivity contribution in [1.29, 1.82) is 0 Å². The van der Waals surface area contributed by atoms with Crippen LogP contribution < -0.4 is 0 Å². The molecule has 2 N–H and O–H groups in total. The molecular formula is C30H42O13. The first-order chi connectivity index (χ1) is 19.7. The van der Waals surface area contributed by atoms with E-state index in [0.29, 0.717) is 5.57 Å². The largest absolute Gasteiger partial charge is 0.462 e. The van der Waals surface area contributed by atoms with E-state index in [9.17, 15) is 34.2 Å². The third kappa shape index (κ3) is 5.12. The number of aliphatic hydroxyl groups excluding tert-OH is 1. The lowest BCUT2D eigenvalue weighted by Crippen LogP contribution is -2.76. The summed E-state index contributed by atoms with van der Waals surface area (Å²) in [7, 11) is 0. The Hall–Kier alpha value is -3.03. The van der Waals surface area contributed by atoms with Gasteiger partial charge < -0.3 is 38.6 Å². The van der Waals surface area contributed by atoms with E-state index < -0.39 is 94.4 Å². The van der Waals surface area contributed by atoms with Crippen molar-refractivity contribution in [2.45, 2.75) is 123 Å². The van der Waals surface area contributed by atoms with Crippen LogP contribution in [0, 0.1) is 16.7 Å². The van der Waals surface area contributed by atoms with E-state index in [0.717, 1.165) is 13.8 Å². The third-order valence-electron chi connectivity index (χ3n) is 9.98. The van der Waals surface area contributed by atoms with Gasteiger partial charge in [0, 0.05) is 58.8 Å². The molecule has 1 aliphatic heterocycles. The van der Waals surface area contributed by atoms with Crippen molar-refractivity contribution in [2.24, 2.45) is 16.7 Å². The predicted molar refractivity (Wildman–Crippen MR) is 145 cm³/mol. The molecule has 0 aromatic rings. The standard InChI is InChI=1S/C30H42O13/c1-13-19(39-14(2)31)11-30(37)26(43-18(6)35)24-28(9,25(42-17(5)34)23(36)22(13)27(30,7)8)20(40-15(3)32)10-21(41-16(4)33)29(24)12-38-29/h19-21,23-26,36-37H,10-12H2,1-9H3/t19-,20-,21-,23+,24-,25-,26-,28+,29+,30+/m0/s1. The molecule has 3 aliphatic carbocycles. The number of fused-ring (bicyclic) bond motifs is 4. The molecule has 4 rings (SSSR count). The topological polar surface area (TPSA) is 184 Å². The zero-order valence-electron chi connectivity index (χ0n) is 26.0. The van der Waals surface area contributed by atoms with Crippen LogP contribution in [0.25, 0.3) is 0 Å². The van der Waals surface area contributed by atoms with Crippen molar-refractivity contribution in [1.82, 2.24) is 0 Å². The molecule has 10 atom stereocenters. The lowest BCUT2D eigenvalue weighted by molar-refractivity contribution is -0.283. The Kier molecular flexibility index (Phi) is 8.29. The van der Waals surface area contributed by atoms with Crippen LogP contribution in [0.3, 0.4) is 0 Å². The molecule has 0 aromatic heterocycles. The quantitative estimate of drug-likeness (QED) is 0.197. The summed E-state index contributed by atoms with van der Waals surface area (Å²) in [5, 5.41) is 25.2. The number of ether oxygens (including phenoxy) is 6. The maximum Gasteiger partial charge on any atom is 0.303 e. The smallest absolute Gasteiger partial charge is 0.303 e. The van der Waals surface area contributed by atoms with E-state index >= 15 is 0 Å². The van der Waals surface area contributed by atoms with Gasteiger partial charge in [0.05, 0.1) is 12.0 Å². The highest BCUT2D eigenvalue weighted by molar-refractivity contribution is 5.69. The average Bonchev–Trinajstić information content (AvgIpc) is 3.63. The molecule has 13 heteroatoms. The van der Waals surface area contributed by atoms with E-state index in [1.807, 2.05) is 0 Å². The fourth-order valence-corrected chi connectivity index (χ4v) is 8.17. The molecule has 1 spiro atoms. The highest BCUT2D eigenvalue weighted by atomic mass is 16.6. The van der Waals surface area contributed by atoms with Gasteiger partial charge in [0.15, 0.2) is 0 Å². The zero-order valence-corrected chi connectivity index (χ0v) is 26.0. The van der Waals surface area contributed by atoms with Crippen LogP contribution in [0.15, 0.2) is 11.1 Å². The fourth-order valence-electron chi connectivity index (χ4n) is 8.17. The van der Waals surface area contributed by atoms with Crippen molar-refractivity contribution in [3.05, 3.63) is 11.1 Å². The van der Waals surface area contributed by atoms with Crippen LogP contribution in [0.4, 0.5) is 0 Å². The molecule has 0 radical (unpaired) electrons. The minimum absolute atomic E-state index is 0.00967. The van der Waals surface area contributed by atoms with E-state index in [4.69, 9.17) is 28.4 Å². The van der Waals surface area contributed by atoms with Crippen molar-refractivity contribution in [3.63, 3.8) is 0 Å². The van der Waals surface area contributed by atoms with Gasteiger partial charge in [0.1, 0.15) is 47.8 Å². The van der Waals surface area contributed by atoms with Crippen LogP contribution in [0.5, 0.6) is 0 Å². The summed E-state index contributed by atoms with van der Waals surface area (Å²) in [5.74, 6) is -4.72. The summed E-state index contributed by atoms with van der Waals surface area (Å²) in [4.78, 5) is 62.4. The first kappa shape index (κ1) is 32.9. The van der Waals surface area contributed by atoms with Crippen LogP contribution in [0.1, 0.15) is 75.2 Å². The maximum absolute atomic E-state index is 12.9. The Morgan fingerprint density at radius 1 is 0.767 bits per heavy atom. The molecule has 240 valence electrons. The molecule has 0 amide bonds. The summed E-state index contributed by atoms with van der Waals surface area (Å²) in [5.41, 5.74) is -5.77. The number of rotatable bonds is 5.